The number of hydrogen-bond acceptors (Lipinski definition) is 0. The van der Waals surface area contributed by atoms with Crippen molar-refractivity contribution in [1.82, 2.24) is 4.57 Å². The van der Waals surface area contributed by atoms with Gasteiger partial charge in [0.15, 0.2) is 0 Å². The summed E-state index contributed by atoms with van der Waals surface area (Å²) in [7, 11) is -1.79. The van der Waals surface area contributed by atoms with Gasteiger partial charge in [-0.2, -0.15) is 0 Å². The first kappa shape index (κ1) is 18.9. The van der Waals surface area contributed by atoms with E-state index in [2.05, 4.69) is 117 Å². The summed E-state index contributed by atoms with van der Waals surface area (Å²) in [5.41, 5.74) is 7.73. The van der Waals surface area contributed by atoms with E-state index in [1.54, 1.807) is 0 Å². The second kappa shape index (κ2) is 6.71. The summed E-state index contributed by atoms with van der Waals surface area (Å²) < 4.78 is 2.42. The van der Waals surface area contributed by atoms with Gasteiger partial charge in [0.25, 0.3) is 0 Å². The summed E-state index contributed by atoms with van der Waals surface area (Å²) >= 11 is 0. The first-order valence-corrected chi connectivity index (χ1v) is 13.6. The third-order valence-electron chi connectivity index (χ3n) is 6.60. The van der Waals surface area contributed by atoms with Crippen LogP contribution in [0.1, 0.15) is 18.1 Å². The van der Waals surface area contributed by atoms with Crippen LogP contribution >= 0.6 is 0 Å². The van der Waals surface area contributed by atoms with Crippen molar-refractivity contribution in [3.05, 3.63) is 102 Å². The number of para-hydroxylation sites is 1. The van der Waals surface area contributed by atoms with Crippen molar-refractivity contribution >= 4 is 40.6 Å². The molecule has 0 fully saturated rings. The monoisotopic (exact) mass is 405 g/mol. The van der Waals surface area contributed by atoms with E-state index in [0.717, 1.165) is 0 Å². The van der Waals surface area contributed by atoms with Gasteiger partial charge in [0.1, 0.15) is 8.07 Å². The largest absolute Gasteiger partial charge is 0.309 e. The van der Waals surface area contributed by atoms with Gasteiger partial charge in [0.05, 0.1) is 11.0 Å². The highest BCUT2D eigenvalue weighted by Gasteiger charge is 2.39. The van der Waals surface area contributed by atoms with E-state index in [4.69, 9.17) is 0 Å². The van der Waals surface area contributed by atoms with Crippen LogP contribution in [0.5, 0.6) is 0 Å². The Morgan fingerprint density at radius 3 is 2.37 bits per heavy atom. The van der Waals surface area contributed by atoms with Gasteiger partial charge in [-0.05, 0) is 60.5 Å². The zero-order valence-electron chi connectivity index (χ0n) is 18.2. The molecule has 0 unspecified atom stereocenters. The first-order valence-electron chi connectivity index (χ1n) is 10.6. The molecule has 30 heavy (non-hydrogen) atoms. The van der Waals surface area contributed by atoms with Crippen molar-refractivity contribution in [3.63, 3.8) is 0 Å². The van der Waals surface area contributed by atoms with Crippen LogP contribution in [0.15, 0.2) is 90.7 Å². The molecule has 0 N–H and O–H groups in total. The van der Waals surface area contributed by atoms with Crippen LogP contribution in [0, 0.1) is 6.92 Å². The lowest BCUT2D eigenvalue weighted by Gasteiger charge is -2.18. The molecule has 1 aliphatic heterocycles. The summed E-state index contributed by atoms with van der Waals surface area (Å²) in [5, 5.41) is 5.44. The van der Waals surface area contributed by atoms with Crippen molar-refractivity contribution in [2.24, 2.45) is 0 Å². The van der Waals surface area contributed by atoms with Gasteiger partial charge in [-0.15, -0.1) is 0 Å². The maximum absolute atomic E-state index is 4.54. The van der Waals surface area contributed by atoms with E-state index in [1.165, 1.54) is 54.6 Å². The van der Waals surface area contributed by atoms with Gasteiger partial charge in [0.2, 0.25) is 0 Å². The zero-order valence-corrected chi connectivity index (χ0v) is 19.2. The molecular formula is C28H27NSi. The number of benzene rings is 3. The highest BCUT2D eigenvalue weighted by atomic mass is 28.3. The van der Waals surface area contributed by atoms with Crippen molar-refractivity contribution in [1.29, 1.82) is 0 Å². The lowest BCUT2D eigenvalue weighted by molar-refractivity contribution is 1.18. The highest BCUT2D eigenvalue weighted by molar-refractivity contribution is 7.00. The first-order chi connectivity index (χ1) is 14.4. The lowest BCUT2D eigenvalue weighted by Crippen LogP contribution is -2.39. The maximum Gasteiger partial charge on any atom is 0.113 e. The van der Waals surface area contributed by atoms with Crippen LogP contribution < -0.4 is 5.19 Å². The summed E-state index contributed by atoms with van der Waals surface area (Å²) in [6.07, 6.45) is 6.47. The van der Waals surface area contributed by atoms with E-state index >= 15 is 0 Å². The molecule has 0 amide bonds. The Balaban J connectivity index is 1.91. The third-order valence-corrected chi connectivity index (χ3v) is 10.1. The molecule has 4 aromatic rings. The van der Waals surface area contributed by atoms with Crippen LogP contribution in [-0.2, 0) is 0 Å². The molecular weight excluding hydrogens is 378 g/mol. The Hall–Kier alpha value is -3.10. The third kappa shape index (κ3) is 2.60. The zero-order chi connectivity index (χ0) is 21.0. The Bertz CT molecular complexity index is 1380. The van der Waals surface area contributed by atoms with Crippen molar-refractivity contribution in [2.75, 3.05) is 0 Å². The molecule has 3 aromatic carbocycles. The second-order valence-electron chi connectivity index (χ2n) is 8.81. The number of rotatable bonds is 2. The molecule has 5 rings (SSSR count). The predicted octanol–water partition coefficient (Wildman–Crippen LogP) is 7.08. The molecule has 0 bridgehead atoms. The van der Waals surface area contributed by atoms with E-state index in [0.29, 0.717) is 0 Å². The molecule has 1 aromatic heterocycles. The van der Waals surface area contributed by atoms with Gasteiger partial charge in [0, 0.05) is 16.5 Å². The topological polar surface area (TPSA) is 4.93 Å². The average molecular weight is 406 g/mol. The fourth-order valence-corrected chi connectivity index (χ4v) is 7.37. The standard InChI is InChI=1S/C28H27NSi/c1-6-7-10-22-20(3)30(4,5)28-18-27-24(17-25(22)28)23-11-8-9-12-26(23)29(27)21-15-13-19(2)14-16-21/h6-18H,3H2,1-2,4-5H3. The quantitative estimate of drug-likeness (QED) is 0.314. The molecule has 0 saturated carbocycles. The summed E-state index contributed by atoms with van der Waals surface area (Å²) in [4.78, 5) is 0. The van der Waals surface area contributed by atoms with Gasteiger partial charge in [-0.3, -0.25) is 0 Å². The van der Waals surface area contributed by atoms with Crippen LogP contribution in [0.4, 0.5) is 0 Å². The molecule has 0 aliphatic carbocycles. The summed E-state index contributed by atoms with van der Waals surface area (Å²) in [6, 6.07) is 22.5. The van der Waals surface area contributed by atoms with Crippen molar-refractivity contribution in [2.45, 2.75) is 26.9 Å². The van der Waals surface area contributed by atoms with Gasteiger partial charge < -0.3 is 4.57 Å². The number of aryl methyl sites for hydroxylation is 1. The minimum Gasteiger partial charge on any atom is -0.309 e. The SMILES string of the molecule is C=C1C(=CC=CC)c2cc3c4ccccc4n(-c4ccc(C)cc4)c3cc2[Si]1(C)C. The fourth-order valence-electron chi connectivity index (χ4n) is 4.77. The van der Waals surface area contributed by atoms with Gasteiger partial charge in [-0.25, -0.2) is 0 Å². The lowest BCUT2D eigenvalue weighted by atomic mass is 10.0. The van der Waals surface area contributed by atoms with Crippen LogP contribution in [0.25, 0.3) is 33.1 Å². The number of nitrogens with zero attached hydrogens (tertiary/aromatic N) is 1. The molecule has 2 heteroatoms. The Kier molecular flexibility index (Phi) is 4.23. The predicted molar refractivity (Wildman–Crippen MR) is 135 cm³/mol. The van der Waals surface area contributed by atoms with Crippen LogP contribution in [0.3, 0.4) is 0 Å². The summed E-state index contributed by atoms with van der Waals surface area (Å²) in [5.74, 6) is 0. The fraction of sp³-hybridized carbons (Fsp3) is 0.143. The minimum atomic E-state index is -1.79. The Labute approximate surface area is 179 Å². The van der Waals surface area contributed by atoms with Crippen LogP contribution in [0.2, 0.25) is 13.1 Å². The molecule has 0 spiro atoms. The molecule has 1 nitrogen and oxygen atoms in total. The number of hydrogen-bond donors (Lipinski definition) is 0. The van der Waals surface area contributed by atoms with Gasteiger partial charge >= 0.3 is 0 Å². The second-order valence-corrected chi connectivity index (χ2v) is 13.2. The number of allylic oxidation sites excluding steroid dienone is 5. The normalized spacial score (nSPS) is 16.9. The smallest absolute Gasteiger partial charge is 0.113 e. The molecule has 2 heterocycles. The van der Waals surface area contributed by atoms with E-state index in [9.17, 15) is 0 Å². The van der Waals surface area contributed by atoms with E-state index in [1.807, 2.05) is 0 Å². The Morgan fingerprint density at radius 2 is 1.63 bits per heavy atom. The highest BCUT2D eigenvalue weighted by Crippen LogP contribution is 2.41. The maximum atomic E-state index is 4.54. The van der Waals surface area contributed by atoms with Gasteiger partial charge in [-0.1, -0.05) is 79.0 Å². The number of fused-ring (bicyclic) bond motifs is 4. The molecule has 0 atom stereocenters. The molecule has 0 radical (unpaired) electrons. The Morgan fingerprint density at radius 1 is 0.900 bits per heavy atom. The van der Waals surface area contributed by atoms with E-state index < -0.39 is 8.07 Å². The van der Waals surface area contributed by atoms with E-state index in [-0.39, 0.29) is 0 Å². The minimum absolute atomic E-state index is 1.22. The molecule has 1 aliphatic rings. The van der Waals surface area contributed by atoms with Crippen molar-refractivity contribution < 1.29 is 0 Å². The average Bonchev–Trinajstić information content (AvgIpc) is 3.16. The van der Waals surface area contributed by atoms with Crippen molar-refractivity contribution in [3.8, 4) is 5.69 Å². The number of aromatic nitrogens is 1. The molecule has 0 saturated heterocycles. The van der Waals surface area contributed by atoms with Crippen LogP contribution in [-0.4, -0.2) is 12.6 Å². The summed E-state index contributed by atoms with van der Waals surface area (Å²) in [6.45, 7) is 13.6. The molecule has 148 valence electrons.